The van der Waals surface area contributed by atoms with E-state index in [1.54, 1.807) is 0 Å². The zero-order valence-corrected chi connectivity index (χ0v) is 16.7. The summed E-state index contributed by atoms with van der Waals surface area (Å²) in [5.74, 6) is 0.0525. The van der Waals surface area contributed by atoms with Crippen molar-refractivity contribution in [2.24, 2.45) is 0 Å². The van der Waals surface area contributed by atoms with Crippen LogP contribution in [0.25, 0.3) is 0 Å². The number of benzene rings is 1. The van der Waals surface area contributed by atoms with Gasteiger partial charge in [-0.2, -0.15) is 0 Å². The maximum Gasteiger partial charge on any atom is 0.337 e. The number of hydrogen-bond acceptors (Lipinski definition) is 4. The number of methoxy groups -OCH3 is 2. The number of carbonyl (C=O) groups is 2. The van der Waals surface area contributed by atoms with Gasteiger partial charge in [0.05, 0.1) is 30.3 Å². The third-order valence-electron chi connectivity index (χ3n) is 3.61. The van der Waals surface area contributed by atoms with Crippen LogP contribution in [0.15, 0.2) is 32.3 Å². The standard InChI is InChI=1S/C16H18Br2N2O4/c1-4-5-11-12(15(21)24-3)13(20-16(22)19-11)9-6-8(17)7-10(18)14(9)23-2/h6-7,13H,4-5H2,1-3H3,(H2,19,20,22). The molecule has 1 aliphatic heterocycles. The molecule has 0 bridgehead atoms. The summed E-state index contributed by atoms with van der Waals surface area (Å²) in [5.41, 5.74) is 1.60. The molecule has 0 radical (unpaired) electrons. The summed E-state index contributed by atoms with van der Waals surface area (Å²) in [6.45, 7) is 1.97. The molecule has 2 rings (SSSR count). The van der Waals surface area contributed by atoms with Crippen LogP contribution in [-0.4, -0.2) is 26.2 Å². The monoisotopic (exact) mass is 460 g/mol. The molecule has 1 atom stereocenters. The minimum atomic E-state index is -0.670. The van der Waals surface area contributed by atoms with Crippen LogP contribution in [0.2, 0.25) is 0 Å². The Kier molecular flexibility index (Phi) is 6.28. The highest BCUT2D eigenvalue weighted by Crippen LogP contribution is 2.40. The second-order valence-corrected chi connectivity index (χ2v) is 6.95. The number of hydrogen-bond donors (Lipinski definition) is 2. The largest absolute Gasteiger partial charge is 0.495 e. The first kappa shape index (κ1) is 18.8. The number of halogens is 2. The molecule has 1 aliphatic rings. The van der Waals surface area contributed by atoms with E-state index in [1.165, 1.54) is 14.2 Å². The van der Waals surface area contributed by atoms with Gasteiger partial charge in [0.1, 0.15) is 5.75 Å². The van der Waals surface area contributed by atoms with E-state index in [1.807, 2.05) is 19.1 Å². The van der Waals surface area contributed by atoms with Crippen molar-refractivity contribution in [3.8, 4) is 5.75 Å². The van der Waals surface area contributed by atoms with Crippen LogP contribution in [0.4, 0.5) is 4.79 Å². The van der Waals surface area contributed by atoms with Gasteiger partial charge in [0.2, 0.25) is 0 Å². The molecule has 1 aromatic rings. The van der Waals surface area contributed by atoms with Gasteiger partial charge in [0.15, 0.2) is 0 Å². The summed E-state index contributed by atoms with van der Waals surface area (Å²) >= 11 is 6.88. The second-order valence-electron chi connectivity index (χ2n) is 5.18. The van der Waals surface area contributed by atoms with Crippen LogP contribution in [0, 0.1) is 0 Å². The average Bonchev–Trinajstić information content (AvgIpc) is 2.53. The molecule has 0 aromatic heterocycles. The second kappa shape index (κ2) is 8.02. The molecule has 0 aliphatic carbocycles. The molecule has 0 fully saturated rings. The smallest absolute Gasteiger partial charge is 0.337 e. The zero-order chi connectivity index (χ0) is 17.9. The molecule has 0 saturated carbocycles. The average molecular weight is 462 g/mol. The summed E-state index contributed by atoms with van der Waals surface area (Å²) in [5, 5.41) is 5.50. The van der Waals surface area contributed by atoms with Gasteiger partial charge in [-0.15, -0.1) is 0 Å². The Morgan fingerprint density at radius 2 is 2.00 bits per heavy atom. The maximum atomic E-state index is 12.4. The van der Waals surface area contributed by atoms with Crippen molar-refractivity contribution in [3.63, 3.8) is 0 Å². The number of esters is 1. The lowest BCUT2D eigenvalue weighted by Gasteiger charge is -2.30. The summed E-state index contributed by atoms with van der Waals surface area (Å²) in [6.07, 6.45) is 1.34. The highest BCUT2D eigenvalue weighted by atomic mass is 79.9. The first-order chi connectivity index (χ1) is 11.4. The van der Waals surface area contributed by atoms with E-state index in [9.17, 15) is 9.59 Å². The topological polar surface area (TPSA) is 76.7 Å². The number of ether oxygens (including phenoxy) is 2. The lowest BCUT2D eigenvalue weighted by Crippen LogP contribution is -2.46. The predicted molar refractivity (Wildman–Crippen MR) is 96.8 cm³/mol. The summed E-state index contributed by atoms with van der Waals surface area (Å²) < 4.78 is 11.9. The number of nitrogens with one attached hydrogen (secondary N) is 2. The fourth-order valence-electron chi connectivity index (χ4n) is 2.66. The summed E-state index contributed by atoms with van der Waals surface area (Å²) in [6, 6.07) is 2.61. The van der Waals surface area contributed by atoms with E-state index in [4.69, 9.17) is 9.47 Å². The molecular weight excluding hydrogens is 444 g/mol. The van der Waals surface area contributed by atoms with Gasteiger partial charge in [0.25, 0.3) is 0 Å². The Morgan fingerprint density at radius 1 is 1.29 bits per heavy atom. The normalized spacial score (nSPS) is 17.2. The first-order valence-electron chi connectivity index (χ1n) is 7.34. The molecule has 1 heterocycles. The van der Waals surface area contributed by atoms with Gasteiger partial charge in [-0.1, -0.05) is 29.3 Å². The van der Waals surface area contributed by atoms with Crippen LogP contribution in [0.1, 0.15) is 31.4 Å². The van der Waals surface area contributed by atoms with E-state index < -0.39 is 12.0 Å². The number of carbonyl (C=O) groups excluding carboxylic acids is 2. The van der Waals surface area contributed by atoms with Gasteiger partial charge < -0.3 is 20.1 Å². The third-order valence-corrected chi connectivity index (χ3v) is 4.66. The Morgan fingerprint density at radius 3 is 2.58 bits per heavy atom. The summed E-state index contributed by atoms with van der Waals surface area (Å²) in [4.78, 5) is 24.5. The Bertz CT molecular complexity index is 704. The molecule has 6 nitrogen and oxygen atoms in total. The number of urea groups is 1. The van der Waals surface area contributed by atoms with Crippen LogP contribution >= 0.6 is 31.9 Å². The van der Waals surface area contributed by atoms with Crippen LogP contribution in [-0.2, 0) is 9.53 Å². The maximum absolute atomic E-state index is 12.4. The fourth-order valence-corrected chi connectivity index (χ4v) is 4.08. The number of amides is 2. The van der Waals surface area contributed by atoms with E-state index in [2.05, 4.69) is 42.5 Å². The molecule has 24 heavy (non-hydrogen) atoms. The zero-order valence-electron chi connectivity index (χ0n) is 13.5. The molecule has 130 valence electrons. The Labute approximate surface area is 157 Å². The quantitative estimate of drug-likeness (QED) is 0.654. The molecule has 1 unspecified atom stereocenters. The lowest BCUT2D eigenvalue weighted by atomic mass is 9.93. The van der Waals surface area contributed by atoms with E-state index >= 15 is 0 Å². The van der Waals surface area contributed by atoms with Crippen molar-refractivity contribution in [3.05, 3.63) is 37.9 Å². The molecule has 2 N–H and O–H groups in total. The van der Waals surface area contributed by atoms with Gasteiger partial charge >= 0.3 is 12.0 Å². The van der Waals surface area contributed by atoms with E-state index in [-0.39, 0.29) is 6.03 Å². The Hall–Kier alpha value is -1.54. The van der Waals surface area contributed by atoms with Crippen LogP contribution in [0.3, 0.4) is 0 Å². The summed E-state index contributed by atoms with van der Waals surface area (Å²) in [7, 11) is 2.86. The highest BCUT2D eigenvalue weighted by Gasteiger charge is 2.35. The fraction of sp³-hybridized carbons (Fsp3) is 0.375. The van der Waals surface area contributed by atoms with Crippen molar-refractivity contribution in [1.29, 1.82) is 0 Å². The molecule has 2 amide bonds. The van der Waals surface area contributed by atoms with Crippen molar-refractivity contribution in [2.75, 3.05) is 14.2 Å². The van der Waals surface area contributed by atoms with E-state index in [0.29, 0.717) is 33.5 Å². The van der Waals surface area contributed by atoms with Crippen molar-refractivity contribution in [1.82, 2.24) is 10.6 Å². The van der Waals surface area contributed by atoms with Crippen molar-refractivity contribution >= 4 is 43.9 Å². The van der Waals surface area contributed by atoms with Crippen molar-refractivity contribution in [2.45, 2.75) is 25.8 Å². The lowest BCUT2D eigenvalue weighted by molar-refractivity contribution is -0.136. The Balaban J connectivity index is 2.67. The number of allylic oxidation sites excluding steroid dienone is 1. The first-order valence-corrected chi connectivity index (χ1v) is 8.93. The van der Waals surface area contributed by atoms with E-state index in [0.717, 1.165) is 10.9 Å². The van der Waals surface area contributed by atoms with Gasteiger partial charge in [0, 0.05) is 15.7 Å². The van der Waals surface area contributed by atoms with Crippen molar-refractivity contribution < 1.29 is 19.1 Å². The molecule has 0 spiro atoms. The molecule has 8 heteroatoms. The van der Waals surface area contributed by atoms with Crippen LogP contribution in [0.5, 0.6) is 5.75 Å². The highest BCUT2D eigenvalue weighted by molar-refractivity contribution is 9.11. The SMILES string of the molecule is CCCC1=C(C(=O)OC)C(c2cc(Br)cc(Br)c2OC)NC(=O)N1. The third kappa shape index (κ3) is 3.75. The van der Waals surface area contributed by atoms with Gasteiger partial charge in [-0.25, -0.2) is 9.59 Å². The van der Waals surface area contributed by atoms with Gasteiger partial charge in [-0.3, -0.25) is 0 Å². The molecule has 0 saturated heterocycles. The van der Waals surface area contributed by atoms with Gasteiger partial charge in [-0.05, 0) is 34.5 Å². The number of rotatable bonds is 5. The molecule has 1 aromatic carbocycles. The minimum Gasteiger partial charge on any atom is -0.495 e. The predicted octanol–water partition coefficient (Wildman–Crippen LogP) is 3.80. The molecular formula is C16H18Br2N2O4. The minimum absolute atomic E-state index is 0.366. The van der Waals surface area contributed by atoms with Crippen LogP contribution < -0.4 is 15.4 Å².